The van der Waals surface area contributed by atoms with E-state index in [1.165, 1.54) is 18.4 Å². The molecule has 5 rings (SSSR count). The fourth-order valence-electron chi connectivity index (χ4n) is 3.99. The lowest BCUT2D eigenvalue weighted by molar-refractivity contribution is -0.118. The molecule has 1 amide bonds. The number of hydrogen-bond donors (Lipinski definition) is 2. The molecule has 0 unspecified atom stereocenters. The van der Waals surface area contributed by atoms with Crippen LogP contribution in [0.5, 0.6) is 0 Å². The van der Waals surface area contributed by atoms with Crippen molar-refractivity contribution in [1.82, 2.24) is 19.7 Å². The molecular formula is C23H20FN5O3S. The van der Waals surface area contributed by atoms with Crippen LogP contribution >= 0.6 is 11.3 Å². The Labute approximate surface area is 192 Å². The zero-order valence-corrected chi connectivity index (χ0v) is 18.5. The van der Waals surface area contributed by atoms with Gasteiger partial charge in [0.25, 0.3) is 5.91 Å². The minimum Gasteiger partial charge on any atom is -0.387 e. The van der Waals surface area contributed by atoms with Crippen molar-refractivity contribution in [2.75, 3.05) is 19.0 Å². The summed E-state index contributed by atoms with van der Waals surface area (Å²) in [7, 11) is 1.52. The molecule has 0 spiro atoms. The van der Waals surface area contributed by atoms with Gasteiger partial charge in [-0.25, -0.2) is 14.1 Å². The third kappa shape index (κ3) is 3.82. The molecular weight excluding hydrogens is 445 g/mol. The van der Waals surface area contributed by atoms with Crippen molar-refractivity contribution in [2.45, 2.75) is 19.4 Å². The van der Waals surface area contributed by atoms with Gasteiger partial charge in [-0.15, -0.1) is 0 Å². The number of methoxy groups -OCH3 is 1. The molecule has 0 aliphatic heterocycles. The first-order valence-electron chi connectivity index (χ1n) is 10.3. The maximum atomic E-state index is 15.5. The van der Waals surface area contributed by atoms with Gasteiger partial charge in [-0.1, -0.05) is 23.5 Å². The summed E-state index contributed by atoms with van der Waals surface area (Å²) in [4.78, 5) is 21.2. The molecule has 0 bridgehead atoms. The van der Waals surface area contributed by atoms with Crippen LogP contribution in [0.25, 0.3) is 27.5 Å². The Balaban J connectivity index is 1.73. The van der Waals surface area contributed by atoms with Gasteiger partial charge < -0.3 is 9.84 Å². The lowest BCUT2D eigenvalue weighted by atomic mass is 9.95. The molecule has 3 aromatic heterocycles. The number of anilines is 1. The third-order valence-corrected chi connectivity index (χ3v) is 6.44. The van der Waals surface area contributed by atoms with Crippen LogP contribution < -0.4 is 5.32 Å². The Morgan fingerprint density at radius 1 is 1.30 bits per heavy atom. The van der Waals surface area contributed by atoms with Gasteiger partial charge >= 0.3 is 0 Å². The van der Waals surface area contributed by atoms with Crippen molar-refractivity contribution in [3.05, 3.63) is 65.4 Å². The second-order valence-electron chi connectivity index (χ2n) is 7.51. The van der Waals surface area contributed by atoms with E-state index in [1.54, 1.807) is 35.3 Å². The summed E-state index contributed by atoms with van der Waals surface area (Å²) in [6.45, 7) is -0.488. The van der Waals surface area contributed by atoms with Gasteiger partial charge in [0.05, 0.1) is 28.6 Å². The summed E-state index contributed by atoms with van der Waals surface area (Å²) in [5.74, 6) is -0.947. The van der Waals surface area contributed by atoms with Gasteiger partial charge in [0.15, 0.2) is 10.9 Å². The monoisotopic (exact) mass is 465 g/mol. The lowest BCUT2D eigenvalue weighted by Gasteiger charge is -2.15. The van der Waals surface area contributed by atoms with Crippen molar-refractivity contribution >= 4 is 22.4 Å². The molecule has 1 aliphatic carbocycles. The van der Waals surface area contributed by atoms with Gasteiger partial charge in [-0.05, 0) is 31.0 Å². The van der Waals surface area contributed by atoms with E-state index in [-0.39, 0.29) is 6.61 Å². The first kappa shape index (κ1) is 21.4. The minimum absolute atomic E-state index is 0.141. The molecule has 0 radical (unpaired) electrons. The van der Waals surface area contributed by atoms with E-state index >= 15 is 4.39 Å². The number of aliphatic hydroxyl groups excluding tert-OH is 1. The lowest BCUT2D eigenvalue weighted by Crippen LogP contribution is -2.15. The summed E-state index contributed by atoms with van der Waals surface area (Å²) in [5.41, 5.74) is 4.81. The van der Waals surface area contributed by atoms with E-state index in [4.69, 9.17) is 14.9 Å². The molecule has 10 heteroatoms. The number of hydrogen-bond acceptors (Lipinski definition) is 7. The third-order valence-electron chi connectivity index (χ3n) is 5.42. The Morgan fingerprint density at radius 2 is 2.18 bits per heavy atom. The van der Waals surface area contributed by atoms with Crippen molar-refractivity contribution in [2.24, 2.45) is 0 Å². The zero-order valence-electron chi connectivity index (χ0n) is 17.7. The average Bonchev–Trinajstić information content (AvgIpc) is 3.42. The Hall–Kier alpha value is -3.47. The highest BCUT2D eigenvalue weighted by atomic mass is 32.1. The summed E-state index contributed by atoms with van der Waals surface area (Å²) < 4.78 is 22.2. The number of nitrogens with one attached hydrogen (secondary N) is 1. The number of halogens is 1. The Bertz CT molecular complexity index is 1340. The smallest absolute Gasteiger partial charge is 0.251 e. The molecule has 4 aromatic rings. The Morgan fingerprint density at radius 3 is 2.94 bits per heavy atom. The molecule has 33 heavy (non-hydrogen) atoms. The maximum Gasteiger partial charge on any atom is 0.251 e. The number of aryl methyl sites for hydroxylation is 1. The second kappa shape index (κ2) is 8.81. The summed E-state index contributed by atoms with van der Waals surface area (Å²) in [6, 6.07) is 8.89. The van der Waals surface area contributed by atoms with Crippen molar-refractivity contribution in [3.8, 4) is 27.5 Å². The zero-order chi connectivity index (χ0) is 22.9. The fourth-order valence-corrected chi connectivity index (χ4v) is 5.07. The quantitative estimate of drug-likeness (QED) is 0.453. The summed E-state index contributed by atoms with van der Waals surface area (Å²) >= 11 is 1.28. The highest BCUT2D eigenvalue weighted by Crippen LogP contribution is 2.44. The van der Waals surface area contributed by atoms with E-state index in [0.29, 0.717) is 29.2 Å². The number of aliphatic hydroxyl groups is 1. The summed E-state index contributed by atoms with van der Waals surface area (Å²) in [5, 5.41) is 16.9. The van der Waals surface area contributed by atoms with Crippen molar-refractivity contribution in [1.29, 1.82) is 0 Å². The first-order chi connectivity index (χ1) is 16.1. The number of carbonyl (C=O) groups excluding carboxylic acids is 1. The van der Waals surface area contributed by atoms with E-state index < -0.39 is 18.3 Å². The maximum absolute atomic E-state index is 15.5. The highest BCUT2D eigenvalue weighted by molar-refractivity contribution is 7.19. The molecule has 0 atom stereocenters. The number of aromatic nitrogens is 4. The molecule has 8 nitrogen and oxygen atoms in total. The number of ether oxygens (including phenoxy) is 1. The number of nitrogens with zero attached hydrogens (tertiary/aromatic N) is 4. The predicted molar refractivity (Wildman–Crippen MR) is 122 cm³/mol. The van der Waals surface area contributed by atoms with Crippen LogP contribution in [0.2, 0.25) is 0 Å². The first-order valence-corrected chi connectivity index (χ1v) is 11.1. The van der Waals surface area contributed by atoms with Crippen LogP contribution in [0.4, 0.5) is 9.52 Å². The van der Waals surface area contributed by atoms with E-state index in [1.807, 2.05) is 12.1 Å². The van der Waals surface area contributed by atoms with Gasteiger partial charge in [-0.3, -0.25) is 15.1 Å². The topological polar surface area (TPSA) is 102 Å². The van der Waals surface area contributed by atoms with Gasteiger partial charge in [0.1, 0.15) is 12.3 Å². The number of benzene rings is 1. The SMILES string of the molecule is COCc1cccc(-n2nc(-c3cccnc3)c3c2-c2sc(NC(=O)CO)nc2CC3)c1F. The highest BCUT2D eigenvalue weighted by Gasteiger charge is 2.31. The van der Waals surface area contributed by atoms with Gasteiger partial charge in [0.2, 0.25) is 0 Å². The molecule has 1 aromatic carbocycles. The number of rotatable bonds is 6. The average molecular weight is 466 g/mol. The van der Waals surface area contributed by atoms with E-state index in [0.717, 1.165) is 33.1 Å². The molecule has 1 aliphatic rings. The molecule has 168 valence electrons. The van der Waals surface area contributed by atoms with Crippen LogP contribution in [0.3, 0.4) is 0 Å². The number of amides is 1. The van der Waals surface area contributed by atoms with Crippen LogP contribution in [-0.2, 0) is 29.0 Å². The van der Waals surface area contributed by atoms with Crippen LogP contribution in [-0.4, -0.2) is 44.5 Å². The van der Waals surface area contributed by atoms with Crippen molar-refractivity contribution in [3.63, 3.8) is 0 Å². The van der Waals surface area contributed by atoms with Crippen molar-refractivity contribution < 1.29 is 19.0 Å². The Kier molecular flexibility index (Phi) is 5.71. The standard InChI is InChI=1S/C23H20FN5O3S/c1-32-12-14-4-2-6-17(19(14)24)29-21-15(20(28-29)13-5-3-9-25-10-13)7-8-16-22(21)33-23(26-16)27-18(31)11-30/h2-6,9-10,30H,7-8,11-12H2,1H3,(H,26,27,31). The van der Waals surface area contributed by atoms with Crippen LogP contribution in [0.1, 0.15) is 16.8 Å². The van der Waals surface area contributed by atoms with E-state index in [9.17, 15) is 4.79 Å². The number of pyridine rings is 1. The number of thiazole rings is 1. The molecule has 2 N–H and O–H groups in total. The van der Waals surface area contributed by atoms with E-state index in [2.05, 4.69) is 15.3 Å². The second-order valence-corrected chi connectivity index (χ2v) is 8.51. The largest absolute Gasteiger partial charge is 0.387 e. The fraction of sp³-hybridized carbons (Fsp3) is 0.217. The van der Waals surface area contributed by atoms with Gasteiger partial charge in [-0.2, -0.15) is 5.10 Å². The molecule has 0 saturated heterocycles. The van der Waals surface area contributed by atoms with Crippen LogP contribution in [0, 0.1) is 5.82 Å². The molecule has 0 fully saturated rings. The summed E-state index contributed by atoms with van der Waals surface area (Å²) in [6.07, 6.45) is 4.74. The predicted octanol–water partition coefficient (Wildman–Crippen LogP) is 3.37. The molecule has 0 saturated carbocycles. The van der Waals surface area contributed by atoms with Gasteiger partial charge in [0, 0.05) is 36.2 Å². The molecule has 3 heterocycles. The van der Waals surface area contributed by atoms with Crippen LogP contribution in [0.15, 0.2) is 42.7 Å². The minimum atomic E-state index is -0.629. The normalized spacial score (nSPS) is 12.3. The number of fused-ring (bicyclic) bond motifs is 3. The number of carbonyl (C=O) groups is 1.